The summed E-state index contributed by atoms with van der Waals surface area (Å²) < 4.78 is 8.20. The fourth-order valence-electron chi connectivity index (χ4n) is 2.82. The molecule has 1 atom stereocenters. The molecule has 0 aliphatic carbocycles. The van der Waals surface area contributed by atoms with E-state index < -0.39 is 27.8 Å². The van der Waals surface area contributed by atoms with Gasteiger partial charge in [-0.25, -0.2) is 9.59 Å². The summed E-state index contributed by atoms with van der Waals surface area (Å²) in [5.41, 5.74) is 1.59. The van der Waals surface area contributed by atoms with E-state index >= 15 is 0 Å². The molecule has 2 rings (SSSR count). The Labute approximate surface area is 205 Å². The number of halogens is 3. The van der Waals surface area contributed by atoms with E-state index in [1.807, 2.05) is 0 Å². The van der Waals surface area contributed by atoms with Crippen molar-refractivity contribution in [2.75, 3.05) is 18.5 Å². The van der Waals surface area contributed by atoms with Crippen LogP contribution in [0, 0.1) is 13.8 Å². The van der Waals surface area contributed by atoms with Crippen molar-refractivity contribution >= 4 is 69.0 Å². The molecule has 174 valence electrons. The van der Waals surface area contributed by atoms with Crippen LogP contribution < -0.4 is 10.6 Å². The smallest absolute Gasteiger partial charge is 0.348 e. The quantitative estimate of drug-likeness (QED) is 0.280. The van der Waals surface area contributed by atoms with E-state index in [9.17, 15) is 14.4 Å². The van der Waals surface area contributed by atoms with Crippen LogP contribution in [0.5, 0.6) is 0 Å². The Balaban J connectivity index is 2.45. The van der Waals surface area contributed by atoms with Crippen molar-refractivity contribution in [3.05, 3.63) is 51.4 Å². The zero-order chi connectivity index (χ0) is 24.1. The molecule has 11 heteroatoms. The van der Waals surface area contributed by atoms with Gasteiger partial charge in [0, 0.05) is 5.56 Å². The SMILES string of the molecule is CCOC(=O)c1sc(N[C@H](NC(=O)c2ccccc2C)C(Cl)(Cl)Cl)c(C(=O)OCC)c1C. The molecule has 1 amide bonds. The second-order valence-electron chi connectivity index (χ2n) is 6.61. The van der Waals surface area contributed by atoms with Crippen LogP contribution in [0.25, 0.3) is 0 Å². The molecule has 0 fully saturated rings. The number of amides is 1. The van der Waals surface area contributed by atoms with E-state index in [1.165, 1.54) is 0 Å². The maximum absolute atomic E-state index is 12.8. The predicted molar refractivity (Wildman–Crippen MR) is 127 cm³/mol. The minimum Gasteiger partial charge on any atom is -0.462 e. The molecule has 0 spiro atoms. The lowest BCUT2D eigenvalue weighted by Crippen LogP contribution is -2.49. The average molecular weight is 522 g/mol. The number of ether oxygens (including phenoxy) is 2. The number of thiophene rings is 1. The lowest BCUT2D eigenvalue weighted by atomic mass is 10.1. The zero-order valence-corrected chi connectivity index (χ0v) is 21.0. The summed E-state index contributed by atoms with van der Waals surface area (Å²) in [5.74, 6) is -1.74. The largest absolute Gasteiger partial charge is 0.462 e. The molecule has 0 aliphatic rings. The third-order valence-electron chi connectivity index (χ3n) is 4.36. The normalized spacial score (nSPS) is 12.1. The van der Waals surface area contributed by atoms with Crippen LogP contribution in [-0.2, 0) is 9.47 Å². The monoisotopic (exact) mass is 520 g/mol. The summed E-state index contributed by atoms with van der Waals surface area (Å²) in [7, 11) is 0. The van der Waals surface area contributed by atoms with Gasteiger partial charge in [0.2, 0.25) is 3.79 Å². The highest BCUT2D eigenvalue weighted by Gasteiger charge is 2.37. The number of aryl methyl sites for hydroxylation is 1. The first kappa shape index (κ1) is 26.3. The van der Waals surface area contributed by atoms with Crippen LogP contribution in [0.1, 0.15) is 55.4 Å². The van der Waals surface area contributed by atoms with Crippen molar-refractivity contribution in [3.63, 3.8) is 0 Å². The van der Waals surface area contributed by atoms with Gasteiger partial charge in [0.05, 0.1) is 18.8 Å². The highest BCUT2D eigenvalue weighted by molar-refractivity contribution is 7.18. The van der Waals surface area contributed by atoms with E-state index in [2.05, 4.69) is 10.6 Å². The molecule has 1 aromatic carbocycles. The summed E-state index contributed by atoms with van der Waals surface area (Å²) in [6.07, 6.45) is -1.24. The number of carbonyl (C=O) groups excluding carboxylic acids is 3. The number of rotatable bonds is 8. The van der Waals surface area contributed by atoms with Gasteiger partial charge >= 0.3 is 11.9 Å². The number of anilines is 1. The fraction of sp³-hybridized carbons (Fsp3) is 0.381. The van der Waals surface area contributed by atoms with Crippen molar-refractivity contribution in [3.8, 4) is 0 Å². The maximum Gasteiger partial charge on any atom is 0.348 e. The lowest BCUT2D eigenvalue weighted by Gasteiger charge is -2.27. The van der Waals surface area contributed by atoms with Gasteiger partial charge in [-0.2, -0.15) is 0 Å². The van der Waals surface area contributed by atoms with E-state index in [1.54, 1.807) is 52.0 Å². The number of nitrogens with one attached hydrogen (secondary N) is 2. The third-order valence-corrected chi connectivity index (χ3v) is 6.21. The van der Waals surface area contributed by atoms with Crippen molar-refractivity contribution in [2.24, 2.45) is 0 Å². The maximum atomic E-state index is 12.8. The molecule has 0 aliphatic heterocycles. The van der Waals surface area contributed by atoms with E-state index in [0.29, 0.717) is 11.1 Å². The number of hydrogen-bond donors (Lipinski definition) is 2. The highest BCUT2D eigenvalue weighted by atomic mass is 35.6. The molecule has 2 N–H and O–H groups in total. The Morgan fingerprint density at radius 2 is 1.62 bits per heavy atom. The second kappa shape index (κ2) is 11.2. The molecule has 32 heavy (non-hydrogen) atoms. The van der Waals surface area contributed by atoms with Crippen LogP contribution in [0.2, 0.25) is 0 Å². The van der Waals surface area contributed by atoms with E-state index in [4.69, 9.17) is 44.3 Å². The Morgan fingerprint density at radius 3 is 2.19 bits per heavy atom. The molecule has 0 bridgehead atoms. The highest BCUT2D eigenvalue weighted by Crippen LogP contribution is 2.38. The predicted octanol–water partition coefficient (Wildman–Crippen LogP) is 5.26. The van der Waals surface area contributed by atoms with Gasteiger partial charge in [0.15, 0.2) is 0 Å². The molecule has 0 radical (unpaired) electrons. The van der Waals surface area contributed by atoms with Crippen molar-refractivity contribution in [2.45, 2.75) is 37.7 Å². The topological polar surface area (TPSA) is 93.7 Å². The first-order valence-electron chi connectivity index (χ1n) is 9.68. The van der Waals surface area contributed by atoms with Crippen molar-refractivity contribution in [1.82, 2.24) is 5.32 Å². The van der Waals surface area contributed by atoms with Gasteiger partial charge in [-0.1, -0.05) is 53.0 Å². The van der Waals surface area contributed by atoms with Crippen LogP contribution in [0.3, 0.4) is 0 Å². The number of alkyl halides is 3. The molecule has 2 aromatic rings. The number of esters is 2. The molecule has 1 aromatic heterocycles. The summed E-state index contributed by atoms with van der Waals surface area (Å²) in [6, 6.07) is 6.93. The second-order valence-corrected chi connectivity index (χ2v) is 10.00. The van der Waals surface area contributed by atoms with Gasteiger partial charge in [-0.05, 0) is 44.9 Å². The van der Waals surface area contributed by atoms with Gasteiger partial charge in [0.1, 0.15) is 16.0 Å². The lowest BCUT2D eigenvalue weighted by molar-refractivity contribution is 0.0527. The van der Waals surface area contributed by atoms with Crippen LogP contribution in [0.15, 0.2) is 24.3 Å². The molecule has 1 heterocycles. The average Bonchev–Trinajstić information content (AvgIpc) is 3.03. The molecular formula is C21H23Cl3N2O5S. The van der Waals surface area contributed by atoms with E-state index in [-0.39, 0.29) is 28.7 Å². The first-order chi connectivity index (χ1) is 15.0. The number of benzene rings is 1. The minimum absolute atomic E-state index is 0.101. The van der Waals surface area contributed by atoms with Gasteiger partial charge in [-0.3, -0.25) is 4.79 Å². The molecule has 0 saturated heterocycles. The third kappa shape index (κ3) is 6.28. The van der Waals surface area contributed by atoms with Gasteiger partial charge in [-0.15, -0.1) is 11.3 Å². The van der Waals surface area contributed by atoms with Crippen LogP contribution in [-0.4, -0.2) is 41.0 Å². The Bertz CT molecular complexity index is 1000. The molecule has 0 unspecified atom stereocenters. The van der Waals surface area contributed by atoms with E-state index in [0.717, 1.165) is 16.9 Å². The number of carbonyl (C=O) groups is 3. The van der Waals surface area contributed by atoms with Gasteiger partial charge in [0.25, 0.3) is 5.91 Å². The Morgan fingerprint density at radius 1 is 1.03 bits per heavy atom. The van der Waals surface area contributed by atoms with Crippen LogP contribution >= 0.6 is 46.1 Å². The summed E-state index contributed by atoms with van der Waals surface area (Å²) in [5, 5.41) is 5.72. The fourth-order valence-corrected chi connectivity index (χ4v) is 4.27. The van der Waals surface area contributed by atoms with Crippen LogP contribution in [0.4, 0.5) is 5.00 Å². The summed E-state index contributed by atoms with van der Waals surface area (Å²) in [4.78, 5) is 38.0. The summed E-state index contributed by atoms with van der Waals surface area (Å²) >= 11 is 19.3. The number of hydrogen-bond acceptors (Lipinski definition) is 7. The molecule has 7 nitrogen and oxygen atoms in total. The molecule has 0 saturated carbocycles. The Kier molecular flexibility index (Phi) is 9.21. The standard InChI is InChI=1S/C21H23Cl3N2O5S/c1-5-30-18(28)14-12(4)15(19(29)31-6-2)32-17(14)26-20(21(22,23)24)25-16(27)13-10-8-7-9-11(13)3/h7-10,20,26H,5-6H2,1-4H3,(H,25,27)/t20-/m0/s1. The van der Waals surface area contributed by atoms with Crippen molar-refractivity contribution < 1.29 is 23.9 Å². The first-order valence-corrected chi connectivity index (χ1v) is 11.6. The minimum atomic E-state index is -1.99. The zero-order valence-electron chi connectivity index (χ0n) is 17.9. The summed E-state index contributed by atoms with van der Waals surface area (Å²) in [6.45, 7) is 6.99. The Hall–Kier alpha value is -2.00. The van der Waals surface area contributed by atoms with Gasteiger partial charge < -0.3 is 20.1 Å². The molecular weight excluding hydrogens is 499 g/mol. The van der Waals surface area contributed by atoms with Crippen molar-refractivity contribution in [1.29, 1.82) is 0 Å².